The Balaban J connectivity index is 0.892. The summed E-state index contributed by atoms with van der Waals surface area (Å²) in [4.78, 5) is 7.49. The fourth-order valence-electron chi connectivity index (χ4n) is 16.5. The average molecular weight is 1390 g/mol. The number of nitrogens with zero attached hydrogens (tertiary/aromatic N) is 4. The van der Waals surface area contributed by atoms with Crippen molar-refractivity contribution in [3.63, 3.8) is 0 Å². The number of thiophene rings is 1. The molecule has 0 radical (unpaired) electrons. The molecule has 19 rings (SSSR count). The lowest BCUT2D eigenvalue weighted by atomic mass is 9.79. The summed E-state index contributed by atoms with van der Waals surface area (Å²) < 4.78 is 3.62. The smallest absolute Gasteiger partial charge is 0.0647 e. The Bertz CT molecular complexity index is 6550. The first-order valence-corrected chi connectivity index (χ1v) is 38.1. The fourth-order valence-corrected chi connectivity index (χ4v) is 17.5. The molecular formula is C102H78N4S. The first kappa shape index (κ1) is 65.0. The van der Waals surface area contributed by atoms with Gasteiger partial charge in [-0.25, -0.2) is 0 Å². The number of rotatable bonds is 14. The van der Waals surface area contributed by atoms with Crippen LogP contribution in [0.15, 0.2) is 363 Å². The second kappa shape index (κ2) is 26.1. The molecule has 107 heavy (non-hydrogen) atoms. The molecule has 0 saturated carbocycles. The summed E-state index contributed by atoms with van der Waals surface area (Å²) in [5.41, 5.74) is 24.4. The predicted molar refractivity (Wildman–Crippen MR) is 461 cm³/mol. The van der Waals surface area contributed by atoms with Crippen molar-refractivity contribution in [3.05, 3.63) is 374 Å². The van der Waals surface area contributed by atoms with Gasteiger partial charge >= 0.3 is 0 Å². The van der Waals surface area contributed by atoms with E-state index >= 15 is 0 Å². The van der Waals surface area contributed by atoms with E-state index in [9.17, 15) is 0 Å². The van der Waals surface area contributed by atoms with Crippen molar-refractivity contribution < 1.29 is 0 Å². The number of benzene rings is 17. The van der Waals surface area contributed by atoms with Crippen LogP contribution in [-0.2, 0) is 10.8 Å². The summed E-state index contributed by atoms with van der Waals surface area (Å²) in [6, 6.07) is 134. The molecule has 0 saturated heterocycles. The SMILES string of the molecule is CC(C)(C)c1cc2ccc3cc(C(C)(C)C)cc4c(-c5cccc(-c6cc(N(c7cccc(N(c8ccccc8)c8cccc9ccccc89)c7)c7ccccc7-c7ccccc7)cc(N(c7ccccc7-c7ccccc7)c7csc8cc(-n9c%10ccccc%10c%10ccccc%109)ccc78)c6)c5)cc(c1)c2c34. The molecule has 2 aromatic heterocycles. The molecule has 0 aliphatic carbocycles. The molecule has 5 heteroatoms. The quantitative estimate of drug-likeness (QED) is 0.101. The summed E-state index contributed by atoms with van der Waals surface area (Å²) >= 11 is 1.80. The molecule has 4 nitrogen and oxygen atoms in total. The number of aromatic nitrogens is 1. The standard InChI is InChI=1S/C102H78N4S/c1-101(2,3)76-56-72-51-52-73-57-77(102(4,5)6)62-91-90(61-75(58-76)99(72)100(73)91)71-36-26-35-70(55-71)74-59-82(104(92-46-22-18-42-84(92)67-29-10-7-11-30-67)80-40-28-39-79(63-80)103(78-37-14-9-15-38-78)93-50-27-34-69-33-16-17-41-85(69)93)64-83(60-74)106(94-47-23-19-43-86(94)68-31-12-8-13-32-68)97-66-107-98-65-81(53-54-89(97)98)105-95-48-24-20-44-87(95)88-45-21-25-49-96(88)105/h7-66H,1-6H3. The highest BCUT2D eigenvalue weighted by molar-refractivity contribution is 7.17. The highest BCUT2D eigenvalue weighted by Gasteiger charge is 2.29. The van der Waals surface area contributed by atoms with E-state index in [0.29, 0.717) is 0 Å². The van der Waals surface area contributed by atoms with Crippen molar-refractivity contribution in [1.82, 2.24) is 4.57 Å². The van der Waals surface area contributed by atoms with Crippen LogP contribution in [0.2, 0.25) is 0 Å². The molecule has 0 fully saturated rings. The molecule has 0 atom stereocenters. The first-order chi connectivity index (χ1) is 52.3. The fraction of sp³-hybridized carbons (Fsp3) is 0.0784. The lowest BCUT2D eigenvalue weighted by Gasteiger charge is -2.33. The zero-order valence-corrected chi connectivity index (χ0v) is 61.7. The molecule has 512 valence electrons. The van der Waals surface area contributed by atoms with E-state index in [1.807, 2.05) is 0 Å². The number of anilines is 9. The van der Waals surface area contributed by atoms with Gasteiger partial charge in [-0.1, -0.05) is 284 Å². The van der Waals surface area contributed by atoms with Gasteiger partial charge in [0.25, 0.3) is 0 Å². The van der Waals surface area contributed by atoms with Gasteiger partial charge < -0.3 is 19.3 Å². The van der Waals surface area contributed by atoms with Crippen LogP contribution in [0.5, 0.6) is 0 Å². The second-order valence-corrected chi connectivity index (χ2v) is 31.4. The Morgan fingerprint density at radius 3 is 1.39 bits per heavy atom. The van der Waals surface area contributed by atoms with Crippen LogP contribution in [-0.4, -0.2) is 4.57 Å². The van der Waals surface area contributed by atoms with Gasteiger partial charge in [-0.05, 0) is 208 Å². The van der Waals surface area contributed by atoms with Gasteiger partial charge in [0.2, 0.25) is 0 Å². The van der Waals surface area contributed by atoms with E-state index < -0.39 is 0 Å². The summed E-state index contributed by atoms with van der Waals surface area (Å²) in [7, 11) is 0. The molecule has 17 aromatic carbocycles. The van der Waals surface area contributed by atoms with Gasteiger partial charge in [0.1, 0.15) is 0 Å². The molecule has 19 aromatic rings. The minimum absolute atomic E-state index is 0.0528. The normalized spacial score (nSPS) is 12.0. The first-order valence-electron chi connectivity index (χ1n) is 37.2. The van der Waals surface area contributed by atoms with Crippen LogP contribution in [0.1, 0.15) is 52.7 Å². The van der Waals surface area contributed by atoms with E-state index in [4.69, 9.17) is 0 Å². The van der Waals surface area contributed by atoms with Crippen molar-refractivity contribution in [1.29, 1.82) is 0 Å². The van der Waals surface area contributed by atoms with Crippen LogP contribution >= 0.6 is 11.3 Å². The predicted octanol–water partition coefficient (Wildman–Crippen LogP) is 29.7. The van der Waals surface area contributed by atoms with Crippen LogP contribution in [0, 0.1) is 0 Å². The Hall–Kier alpha value is -12.8. The maximum Gasteiger partial charge on any atom is 0.0647 e. The zero-order valence-electron chi connectivity index (χ0n) is 60.8. The highest BCUT2D eigenvalue weighted by Crippen LogP contribution is 2.53. The van der Waals surface area contributed by atoms with Crippen molar-refractivity contribution >= 4 is 138 Å². The monoisotopic (exact) mass is 1390 g/mol. The number of para-hydroxylation sites is 5. The molecule has 0 aliphatic heterocycles. The molecule has 0 amide bonds. The molecule has 0 spiro atoms. The van der Waals surface area contributed by atoms with Gasteiger partial charge in [0.05, 0.1) is 33.8 Å². The minimum Gasteiger partial charge on any atom is -0.310 e. The third-order valence-corrected chi connectivity index (χ3v) is 22.7. The van der Waals surface area contributed by atoms with Gasteiger partial charge in [-0.2, -0.15) is 0 Å². The summed E-state index contributed by atoms with van der Waals surface area (Å²) in [6.07, 6.45) is 0. The van der Waals surface area contributed by atoms with E-state index in [1.54, 1.807) is 11.3 Å². The van der Waals surface area contributed by atoms with Gasteiger partial charge in [-0.3, -0.25) is 0 Å². The van der Waals surface area contributed by atoms with Crippen LogP contribution in [0.3, 0.4) is 0 Å². The van der Waals surface area contributed by atoms with Crippen LogP contribution in [0.4, 0.5) is 51.2 Å². The summed E-state index contributed by atoms with van der Waals surface area (Å²) in [5.74, 6) is 0. The topological polar surface area (TPSA) is 14.7 Å². The van der Waals surface area contributed by atoms with Crippen LogP contribution in [0.25, 0.3) is 125 Å². The Kier molecular flexibility index (Phi) is 15.9. The Labute approximate surface area is 629 Å². The number of fused-ring (bicyclic) bond motifs is 5. The molecular weight excluding hydrogens is 1310 g/mol. The second-order valence-electron chi connectivity index (χ2n) is 30.5. The van der Waals surface area contributed by atoms with Gasteiger partial charge in [-0.15, -0.1) is 11.3 Å². The molecule has 0 unspecified atom stereocenters. The third-order valence-electron chi connectivity index (χ3n) is 21.8. The van der Waals surface area contributed by atoms with Crippen molar-refractivity contribution in [2.45, 2.75) is 52.4 Å². The number of hydrogen-bond donors (Lipinski definition) is 0. The molecule has 0 N–H and O–H groups in total. The average Bonchev–Trinajstić information content (AvgIpc) is 1.46. The molecule has 2 heterocycles. The lowest BCUT2D eigenvalue weighted by Crippen LogP contribution is -2.16. The van der Waals surface area contributed by atoms with Crippen LogP contribution < -0.4 is 14.7 Å². The lowest BCUT2D eigenvalue weighted by molar-refractivity contribution is 0.591. The van der Waals surface area contributed by atoms with E-state index in [-0.39, 0.29) is 10.8 Å². The van der Waals surface area contributed by atoms with Gasteiger partial charge in [0, 0.05) is 76.9 Å². The Morgan fingerprint density at radius 2 is 0.729 bits per heavy atom. The van der Waals surface area contributed by atoms with Crippen molar-refractivity contribution in [2.24, 2.45) is 0 Å². The maximum atomic E-state index is 2.55. The molecule has 0 aliphatic rings. The van der Waals surface area contributed by atoms with Crippen molar-refractivity contribution in [2.75, 3.05) is 14.7 Å². The van der Waals surface area contributed by atoms with Gasteiger partial charge in [0.15, 0.2) is 0 Å². The minimum atomic E-state index is -0.0898. The number of hydrogen-bond acceptors (Lipinski definition) is 4. The summed E-state index contributed by atoms with van der Waals surface area (Å²) in [6.45, 7) is 14.0. The Morgan fingerprint density at radius 1 is 0.252 bits per heavy atom. The van der Waals surface area contributed by atoms with Crippen molar-refractivity contribution in [3.8, 4) is 50.2 Å². The van der Waals surface area contributed by atoms with E-state index in [0.717, 1.165) is 101 Å². The third kappa shape index (κ3) is 11.5. The largest absolute Gasteiger partial charge is 0.310 e. The molecule has 0 bridgehead atoms. The van der Waals surface area contributed by atoms with E-state index in [2.05, 4.69) is 424 Å². The zero-order chi connectivity index (χ0) is 72.1. The summed E-state index contributed by atoms with van der Waals surface area (Å²) in [5, 5.41) is 16.1. The highest BCUT2D eigenvalue weighted by atomic mass is 32.1. The maximum absolute atomic E-state index is 2.55. The van der Waals surface area contributed by atoms with E-state index in [1.165, 1.54) is 86.3 Å².